The molecular formula is C23H21BrO2. The lowest BCUT2D eigenvalue weighted by molar-refractivity contribution is 0.0309. The molecule has 0 fully saturated rings. The Kier molecular flexibility index (Phi) is 5.09. The average Bonchev–Trinajstić information content (AvgIpc) is 3.07. The van der Waals surface area contributed by atoms with Crippen molar-refractivity contribution in [1.29, 1.82) is 0 Å². The van der Waals surface area contributed by atoms with Crippen molar-refractivity contribution in [1.82, 2.24) is 0 Å². The molecule has 0 amide bonds. The van der Waals surface area contributed by atoms with Crippen LogP contribution < -0.4 is 4.74 Å². The number of benzene rings is 3. The van der Waals surface area contributed by atoms with Gasteiger partial charge >= 0.3 is 0 Å². The van der Waals surface area contributed by atoms with Gasteiger partial charge in [0.2, 0.25) is 0 Å². The first-order chi connectivity index (χ1) is 12.7. The summed E-state index contributed by atoms with van der Waals surface area (Å²) in [6, 6.07) is 23.1. The normalized spacial score (nSPS) is 15.7. The Morgan fingerprint density at radius 2 is 1.85 bits per heavy atom. The Balaban J connectivity index is 1.38. The number of hydrogen-bond donors (Lipinski definition) is 0. The van der Waals surface area contributed by atoms with Crippen LogP contribution in [0.1, 0.15) is 33.9 Å². The van der Waals surface area contributed by atoms with Crippen LogP contribution in [0.15, 0.2) is 71.2 Å². The smallest absolute Gasteiger partial charge is 0.119 e. The summed E-state index contributed by atoms with van der Waals surface area (Å²) in [6.07, 6.45) is 0.945. The van der Waals surface area contributed by atoms with Gasteiger partial charge in [0.1, 0.15) is 18.5 Å². The van der Waals surface area contributed by atoms with Crippen molar-refractivity contribution in [2.24, 2.45) is 0 Å². The van der Waals surface area contributed by atoms with E-state index in [-0.39, 0.29) is 6.10 Å². The van der Waals surface area contributed by atoms with Gasteiger partial charge in [-0.3, -0.25) is 0 Å². The first kappa shape index (κ1) is 17.3. The minimum atomic E-state index is 0.0233. The average molecular weight is 409 g/mol. The molecule has 3 heteroatoms. The van der Waals surface area contributed by atoms with E-state index in [0.717, 1.165) is 16.6 Å². The fourth-order valence-electron chi connectivity index (χ4n) is 3.32. The van der Waals surface area contributed by atoms with E-state index in [1.54, 1.807) is 0 Å². The standard InChI is InChI=1S/C23H21BrO2/c1-16-6-9-20(24)13-19(16)12-17-7-10-21(11-8-17)25-15-23-22-5-3-2-4-18(22)14-26-23/h2-11,13,23H,12,14-15H2,1H3. The molecule has 1 aliphatic rings. The molecule has 1 heterocycles. The molecule has 4 rings (SSSR count). The molecule has 1 atom stereocenters. The molecule has 132 valence electrons. The van der Waals surface area contributed by atoms with Crippen LogP contribution in [0.25, 0.3) is 0 Å². The Morgan fingerprint density at radius 3 is 2.69 bits per heavy atom. The predicted octanol–water partition coefficient (Wildman–Crippen LogP) is 6.00. The molecule has 0 saturated heterocycles. The lowest BCUT2D eigenvalue weighted by Crippen LogP contribution is -2.09. The highest BCUT2D eigenvalue weighted by atomic mass is 79.9. The number of rotatable bonds is 5. The summed E-state index contributed by atoms with van der Waals surface area (Å²) < 4.78 is 12.9. The van der Waals surface area contributed by atoms with Crippen molar-refractivity contribution in [2.45, 2.75) is 26.1 Å². The fraction of sp³-hybridized carbons (Fsp3) is 0.217. The van der Waals surface area contributed by atoms with Crippen LogP contribution in [-0.4, -0.2) is 6.61 Å². The van der Waals surface area contributed by atoms with E-state index in [9.17, 15) is 0 Å². The molecule has 1 unspecified atom stereocenters. The molecule has 0 radical (unpaired) electrons. The van der Waals surface area contributed by atoms with Crippen molar-refractivity contribution in [2.75, 3.05) is 6.61 Å². The summed E-state index contributed by atoms with van der Waals surface area (Å²) in [4.78, 5) is 0. The van der Waals surface area contributed by atoms with Gasteiger partial charge < -0.3 is 9.47 Å². The molecule has 1 aliphatic heterocycles. The van der Waals surface area contributed by atoms with Gasteiger partial charge in [0.05, 0.1) is 6.61 Å². The van der Waals surface area contributed by atoms with Gasteiger partial charge in [-0.1, -0.05) is 58.4 Å². The summed E-state index contributed by atoms with van der Waals surface area (Å²) >= 11 is 3.55. The Morgan fingerprint density at radius 1 is 1.04 bits per heavy atom. The summed E-state index contributed by atoms with van der Waals surface area (Å²) in [5.74, 6) is 0.882. The van der Waals surface area contributed by atoms with Crippen molar-refractivity contribution in [3.05, 3.63) is 99.0 Å². The van der Waals surface area contributed by atoms with Gasteiger partial charge in [-0.05, 0) is 65.4 Å². The Labute approximate surface area is 162 Å². The number of halogens is 1. The predicted molar refractivity (Wildman–Crippen MR) is 108 cm³/mol. The van der Waals surface area contributed by atoms with Crippen LogP contribution in [0, 0.1) is 6.92 Å². The van der Waals surface area contributed by atoms with Crippen LogP contribution in [0.3, 0.4) is 0 Å². The van der Waals surface area contributed by atoms with E-state index in [1.165, 1.54) is 27.8 Å². The Hall–Kier alpha value is -2.10. The number of ether oxygens (including phenoxy) is 2. The highest BCUT2D eigenvalue weighted by Crippen LogP contribution is 2.31. The lowest BCUT2D eigenvalue weighted by atomic mass is 10.0. The highest BCUT2D eigenvalue weighted by Gasteiger charge is 2.23. The molecule has 3 aromatic rings. The van der Waals surface area contributed by atoms with E-state index in [1.807, 2.05) is 12.1 Å². The zero-order valence-electron chi connectivity index (χ0n) is 14.7. The molecular weight excluding hydrogens is 388 g/mol. The van der Waals surface area contributed by atoms with Gasteiger partial charge in [0, 0.05) is 4.47 Å². The third-order valence-corrected chi connectivity index (χ3v) is 5.37. The second-order valence-corrected chi connectivity index (χ2v) is 7.62. The molecule has 3 aromatic carbocycles. The van der Waals surface area contributed by atoms with Crippen LogP contribution in [0.5, 0.6) is 5.75 Å². The molecule has 0 aromatic heterocycles. The van der Waals surface area contributed by atoms with Crippen molar-refractivity contribution >= 4 is 15.9 Å². The maximum atomic E-state index is 5.96. The molecule has 0 saturated carbocycles. The topological polar surface area (TPSA) is 18.5 Å². The third-order valence-electron chi connectivity index (χ3n) is 4.87. The summed E-state index contributed by atoms with van der Waals surface area (Å²) in [7, 11) is 0. The third kappa shape index (κ3) is 3.84. The largest absolute Gasteiger partial charge is 0.491 e. The molecule has 0 spiro atoms. The van der Waals surface area contributed by atoms with Gasteiger partial charge in [-0.15, -0.1) is 0 Å². The monoisotopic (exact) mass is 408 g/mol. The number of hydrogen-bond acceptors (Lipinski definition) is 2. The van der Waals surface area contributed by atoms with Gasteiger partial charge in [0.25, 0.3) is 0 Å². The van der Waals surface area contributed by atoms with E-state index in [0.29, 0.717) is 13.2 Å². The van der Waals surface area contributed by atoms with E-state index < -0.39 is 0 Å². The second kappa shape index (κ2) is 7.65. The van der Waals surface area contributed by atoms with Crippen molar-refractivity contribution in [3.8, 4) is 5.75 Å². The number of fused-ring (bicyclic) bond motifs is 1. The van der Waals surface area contributed by atoms with Gasteiger partial charge in [-0.2, -0.15) is 0 Å². The maximum absolute atomic E-state index is 5.96. The highest BCUT2D eigenvalue weighted by molar-refractivity contribution is 9.10. The van der Waals surface area contributed by atoms with Crippen molar-refractivity contribution in [3.63, 3.8) is 0 Å². The van der Waals surface area contributed by atoms with Crippen LogP contribution in [0.4, 0.5) is 0 Å². The van der Waals surface area contributed by atoms with Gasteiger partial charge in [0.15, 0.2) is 0 Å². The van der Waals surface area contributed by atoms with Crippen LogP contribution >= 0.6 is 15.9 Å². The molecule has 0 N–H and O–H groups in total. The minimum Gasteiger partial charge on any atom is -0.491 e. The minimum absolute atomic E-state index is 0.0233. The van der Waals surface area contributed by atoms with Crippen molar-refractivity contribution < 1.29 is 9.47 Å². The molecule has 0 aliphatic carbocycles. The SMILES string of the molecule is Cc1ccc(Br)cc1Cc1ccc(OCC2OCc3ccccc32)cc1. The summed E-state index contributed by atoms with van der Waals surface area (Å²) in [5.41, 5.74) is 6.44. The lowest BCUT2D eigenvalue weighted by Gasteiger charge is -2.13. The zero-order valence-corrected chi connectivity index (χ0v) is 16.3. The first-order valence-electron chi connectivity index (χ1n) is 8.85. The molecule has 2 nitrogen and oxygen atoms in total. The van der Waals surface area contributed by atoms with E-state index >= 15 is 0 Å². The Bertz CT molecular complexity index is 902. The molecule has 0 bridgehead atoms. The number of aryl methyl sites for hydroxylation is 1. The van der Waals surface area contributed by atoms with E-state index in [2.05, 4.69) is 77.5 Å². The summed E-state index contributed by atoms with van der Waals surface area (Å²) in [6.45, 7) is 3.37. The van der Waals surface area contributed by atoms with Crippen LogP contribution in [0.2, 0.25) is 0 Å². The second-order valence-electron chi connectivity index (χ2n) is 6.70. The maximum Gasteiger partial charge on any atom is 0.119 e. The van der Waals surface area contributed by atoms with Crippen LogP contribution in [-0.2, 0) is 17.8 Å². The first-order valence-corrected chi connectivity index (χ1v) is 9.64. The zero-order chi connectivity index (χ0) is 17.9. The molecule has 26 heavy (non-hydrogen) atoms. The quantitative estimate of drug-likeness (QED) is 0.515. The fourth-order valence-corrected chi connectivity index (χ4v) is 3.73. The summed E-state index contributed by atoms with van der Waals surface area (Å²) in [5, 5.41) is 0. The van der Waals surface area contributed by atoms with Gasteiger partial charge in [-0.25, -0.2) is 0 Å². The van der Waals surface area contributed by atoms with E-state index in [4.69, 9.17) is 9.47 Å².